The second-order valence-corrected chi connectivity index (χ2v) is 5.17. The van der Waals surface area contributed by atoms with Crippen LogP contribution >= 0.6 is 11.8 Å². The fraction of sp³-hybridized carbons (Fsp3) is 0.0667. The van der Waals surface area contributed by atoms with Gasteiger partial charge in [-0.15, -0.1) is 0 Å². The standard InChI is InChI=1S/C15H16N6OS/c1-23-15-19-9-12(13(17)22)14(21-15)20-11-5-3-10(4-6-11)18-8-2-7-16/h2-9H,16H2,1H3,(H2,17,22)(H,19,20,21)/p+1. The second-order valence-electron chi connectivity index (χ2n) is 4.37. The molecular weight excluding hydrogens is 312 g/mol. The molecule has 7 nitrogen and oxygen atoms in total. The van der Waals surface area contributed by atoms with Crippen molar-refractivity contribution in [1.29, 1.82) is 0 Å². The number of amides is 1. The van der Waals surface area contributed by atoms with Crippen molar-refractivity contribution < 1.29 is 9.78 Å². The Morgan fingerprint density at radius 2 is 2.13 bits per heavy atom. The number of aromatic nitrogens is 2. The number of nitrogens with two attached hydrogens (primary N) is 2. The van der Waals surface area contributed by atoms with Crippen LogP contribution in [0.4, 0.5) is 17.2 Å². The lowest BCUT2D eigenvalue weighted by Gasteiger charge is -2.05. The molecule has 1 aromatic heterocycles. The number of nitrogens with zero attached hydrogens (tertiary/aromatic N) is 2. The molecule has 0 saturated heterocycles. The predicted octanol–water partition coefficient (Wildman–Crippen LogP) is 1.63. The topological polar surface area (TPSA) is 121 Å². The molecule has 0 aliphatic carbocycles. The SMILES string of the molecule is CSc1nc(Nc2ccc(N=CC=CN)cc2)c(C(N)=O)c[nH+]1. The van der Waals surface area contributed by atoms with Crippen molar-refractivity contribution in [1.82, 2.24) is 4.98 Å². The summed E-state index contributed by atoms with van der Waals surface area (Å²) in [6.07, 6.45) is 8.08. The number of carbonyl (C=O) groups is 1. The zero-order chi connectivity index (χ0) is 16.7. The number of rotatable bonds is 6. The third-order valence-corrected chi connectivity index (χ3v) is 3.41. The third-order valence-electron chi connectivity index (χ3n) is 2.82. The van der Waals surface area contributed by atoms with E-state index in [-0.39, 0.29) is 5.56 Å². The van der Waals surface area contributed by atoms with Gasteiger partial charge in [0.15, 0.2) is 0 Å². The first-order chi connectivity index (χ1) is 11.1. The number of hydrogen-bond acceptors (Lipinski definition) is 6. The van der Waals surface area contributed by atoms with Crippen molar-refractivity contribution in [2.75, 3.05) is 11.6 Å². The highest BCUT2D eigenvalue weighted by Crippen LogP contribution is 2.22. The van der Waals surface area contributed by atoms with Gasteiger partial charge in [-0.2, -0.15) is 0 Å². The van der Waals surface area contributed by atoms with Gasteiger partial charge >= 0.3 is 5.16 Å². The highest BCUT2D eigenvalue weighted by molar-refractivity contribution is 7.98. The minimum absolute atomic E-state index is 0.290. The monoisotopic (exact) mass is 329 g/mol. The van der Waals surface area contributed by atoms with Crippen LogP contribution in [0, 0.1) is 0 Å². The van der Waals surface area contributed by atoms with Crippen LogP contribution in [-0.4, -0.2) is 23.4 Å². The molecule has 0 fully saturated rings. The largest absolute Gasteiger partial charge is 0.405 e. The van der Waals surface area contributed by atoms with Gasteiger partial charge in [0, 0.05) is 11.9 Å². The van der Waals surface area contributed by atoms with Gasteiger partial charge in [-0.3, -0.25) is 9.79 Å². The smallest absolute Gasteiger partial charge is 0.359 e. The van der Waals surface area contributed by atoms with Gasteiger partial charge < -0.3 is 16.8 Å². The molecule has 0 aliphatic rings. The van der Waals surface area contributed by atoms with Crippen LogP contribution < -0.4 is 21.8 Å². The maximum Gasteiger partial charge on any atom is 0.359 e. The molecule has 0 unspecified atom stereocenters. The summed E-state index contributed by atoms with van der Waals surface area (Å²) in [5.74, 6) is -0.151. The van der Waals surface area contributed by atoms with E-state index in [4.69, 9.17) is 11.5 Å². The van der Waals surface area contributed by atoms with Crippen LogP contribution in [0.1, 0.15) is 10.4 Å². The van der Waals surface area contributed by atoms with Gasteiger partial charge in [0.2, 0.25) is 0 Å². The second kappa shape index (κ2) is 7.95. The fourth-order valence-electron chi connectivity index (χ4n) is 1.73. The number of benzene rings is 1. The number of nitrogens with one attached hydrogen (secondary N) is 2. The maximum absolute atomic E-state index is 11.5. The van der Waals surface area contributed by atoms with Gasteiger partial charge in [-0.1, -0.05) is 0 Å². The molecule has 23 heavy (non-hydrogen) atoms. The van der Waals surface area contributed by atoms with Gasteiger partial charge in [-0.25, -0.2) is 4.98 Å². The minimum Gasteiger partial charge on any atom is -0.405 e. The molecule has 0 aliphatic heterocycles. The summed E-state index contributed by atoms with van der Waals surface area (Å²) in [6, 6.07) is 7.33. The Morgan fingerprint density at radius 3 is 2.74 bits per heavy atom. The van der Waals surface area contributed by atoms with E-state index in [1.54, 1.807) is 18.5 Å². The van der Waals surface area contributed by atoms with Crippen LogP contribution in [0.25, 0.3) is 0 Å². The Balaban J connectivity index is 2.23. The first-order valence-electron chi connectivity index (χ1n) is 6.68. The van der Waals surface area contributed by atoms with Crippen molar-refractivity contribution in [2.45, 2.75) is 5.16 Å². The summed E-state index contributed by atoms with van der Waals surface area (Å²) in [4.78, 5) is 22.9. The van der Waals surface area contributed by atoms with Gasteiger partial charge in [0.1, 0.15) is 11.8 Å². The lowest BCUT2D eigenvalue weighted by molar-refractivity contribution is -0.433. The Labute approximate surface area is 137 Å². The van der Waals surface area contributed by atoms with Crippen LogP contribution in [0.2, 0.25) is 0 Å². The van der Waals surface area contributed by atoms with Crippen molar-refractivity contribution in [3.63, 3.8) is 0 Å². The molecule has 118 valence electrons. The van der Waals surface area contributed by atoms with E-state index in [0.29, 0.717) is 11.0 Å². The highest BCUT2D eigenvalue weighted by Gasteiger charge is 2.18. The molecule has 1 amide bonds. The molecule has 0 bridgehead atoms. The Hall–Kier alpha value is -2.87. The van der Waals surface area contributed by atoms with Crippen LogP contribution in [-0.2, 0) is 0 Å². The quantitative estimate of drug-likeness (QED) is 0.422. The minimum atomic E-state index is -0.557. The summed E-state index contributed by atoms with van der Waals surface area (Å²) < 4.78 is 0. The molecule has 0 spiro atoms. The summed E-state index contributed by atoms with van der Waals surface area (Å²) >= 11 is 1.43. The van der Waals surface area contributed by atoms with Gasteiger partial charge in [0.25, 0.3) is 11.7 Å². The summed E-state index contributed by atoms with van der Waals surface area (Å²) in [7, 11) is 0. The average molecular weight is 329 g/mol. The summed E-state index contributed by atoms with van der Waals surface area (Å²) in [5.41, 5.74) is 12.4. The number of aromatic amines is 1. The van der Waals surface area contributed by atoms with Crippen LogP contribution in [0.3, 0.4) is 0 Å². The lowest BCUT2D eigenvalue weighted by Crippen LogP contribution is -2.20. The van der Waals surface area contributed by atoms with E-state index in [1.807, 2.05) is 30.5 Å². The first kappa shape index (κ1) is 16.5. The first-order valence-corrected chi connectivity index (χ1v) is 7.91. The van der Waals surface area contributed by atoms with Crippen LogP contribution in [0.5, 0.6) is 0 Å². The van der Waals surface area contributed by atoms with E-state index in [9.17, 15) is 4.79 Å². The normalized spacial score (nSPS) is 11.2. The molecule has 0 radical (unpaired) electrons. The molecule has 1 aromatic carbocycles. The Kier molecular flexibility index (Phi) is 5.70. The number of allylic oxidation sites excluding steroid dienone is 1. The molecule has 6 N–H and O–H groups in total. The molecule has 0 saturated carbocycles. The summed E-state index contributed by atoms with van der Waals surface area (Å²) in [5, 5.41) is 3.77. The number of H-pyrrole nitrogens is 1. The highest BCUT2D eigenvalue weighted by atomic mass is 32.2. The van der Waals surface area contributed by atoms with E-state index >= 15 is 0 Å². The molecule has 8 heteroatoms. The molecule has 1 heterocycles. The predicted molar refractivity (Wildman–Crippen MR) is 92.3 cm³/mol. The molecule has 2 rings (SSSR count). The molecular formula is C15H17N6OS+. The lowest BCUT2D eigenvalue weighted by atomic mass is 10.2. The number of aliphatic imine (C=N–C) groups is 1. The van der Waals surface area contributed by atoms with E-state index < -0.39 is 5.91 Å². The third kappa shape index (κ3) is 4.55. The Bertz CT molecular complexity index is 742. The fourth-order valence-corrected chi connectivity index (χ4v) is 2.09. The van der Waals surface area contributed by atoms with E-state index in [0.717, 1.165) is 11.4 Å². The average Bonchev–Trinajstić information content (AvgIpc) is 2.56. The van der Waals surface area contributed by atoms with Crippen LogP contribution in [0.15, 0.2) is 52.9 Å². The van der Waals surface area contributed by atoms with Crippen molar-refractivity contribution in [3.8, 4) is 0 Å². The number of primary amides is 1. The molecule has 2 aromatic rings. The Morgan fingerprint density at radius 1 is 1.39 bits per heavy atom. The summed E-state index contributed by atoms with van der Waals surface area (Å²) in [6.45, 7) is 0. The van der Waals surface area contributed by atoms with Gasteiger partial charge in [0.05, 0.1) is 5.69 Å². The molecule has 0 atom stereocenters. The number of thioether (sulfide) groups is 1. The number of anilines is 2. The van der Waals surface area contributed by atoms with E-state index in [2.05, 4.69) is 20.3 Å². The zero-order valence-corrected chi connectivity index (χ0v) is 13.3. The van der Waals surface area contributed by atoms with Gasteiger partial charge in [-0.05, 0) is 59.5 Å². The maximum atomic E-state index is 11.5. The van der Waals surface area contributed by atoms with E-state index in [1.165, 1.54) is 18.0 Å². The van der Waals surface area contributed by atoms with Crippen molar-refractivity contribution in [2.24, 2.45) is 16.5 Å². The van der Waals surface area contributed by atoms with Crippen molar-refractivity contribution >= 4 is 41.1 Å². The van der Waals surface area contributed by atoms with Crippen molar-refractivity contribution in [3.05, 3.63) is 48.3 Å². The zero-order valence-electron chi connectivity index (χ0n) is 12.5. The number of hydrogen-bond donors (Lipinski definition) is 3. The number of carbonyl (C=O) groups excluding carboxylic acids is 1.